The second-order valence-electron chi connectivity index (χ2n) is 6.54. The van der Waals surface area contributed by atoms with Gasteiger partial charge in [0, 0.05) is 37.2 Å². The number of anilines is 1. The van der Waals surface area contributed by atoms with Gasteiger partial charge in [-0.1, -0.05) is 29.5 Å². The number of nitrogens with one attached hydrogen (secondary N) is 1. The summed E-state index contributed by atoms with van der Waals surface area (Å²) in [6, 6.07) is 14.7. The van der Waals surface area contributed by atoms with Crippen molar-refractivity contribution in [3.8, 4) is 5.13 Å². The minimum Gasteiger partial charge on any atom is -0.367 e. The zero-order valence-electron chi connectivity index (χ0n) is 14.8. The highest BCUT2D eigenvalue weighted by Crippen LogP contribution is 2.25. The molecule has 5 nitrogen and oxygen atoms in total. The number of thiazole rings is 1. The van der Waals surface area contributed by atoms with Gasteiger partial charge in [-0.3, -0.25) is 4.79 Å². The number of carbonyl (C=O) groups is 1. The van der Waals surface area contributed by atoms with E-state index in [4.69, 9.17) is 0 Å². The number of hydrogen-bond acceptors (Lipinski definition) is 4. The van der Waals surface area contributed by atoms with Crippen LogP contribution in [0.15, 0.2) is 54.9 Å². The number of rotatable bonds is 5. The predicted molar refractivity (Wildman–Crippen MR) is 105 cm³/mol. The van der Waals surface area contributed by atoms with Crippen LogP contribution in [0.4, 0.5) is 5.69 Å². The van der Waals surface area contributed by atoms with Crippen LogP contribution in [0.3, 0.4) is 0 Å². The van der Waals surface area contributed by atoms with E-state index in [1.807, 2.05) is 42.1 Å². The van der Waals surface area contributed by atoms with Gasteiger partial charge in [0.15, 0.2) is 5.13 Å². The van der Waals surface area contributed by atoms with Crippen molar-refractivity contribution >= 4 is 22.9 Å². The molecule has 4 rings (SSSR count). The molecule has 26 heavy (non-hydrogen) atoms. The second kappa shape index (κ2) is 7.33. The first kappa shape index (κ1) is 16.8. The van der Waals surface area contributed by atoms with Crippen LogP contribution in [0.25, 0.3) is 5.13 Å². The molecule has 1 aliphatic rings. The van der Waals surface area contributed by atoms with Crippen LogP contribution in [0, 0.1) is 6.92 Å². The average Bonchev–Trinajstić information content (AvgIpc) is 3.40. The highest BCUT2D eigenvalue weighted by molar-refractivity contribution is 7.16. The first-order valence-corrected chi connectivity index (χ1v) is 9.74. The Kier molecular flexibility index (Phi) is 4.75. The molecule has 0 spiro atoms. The fourth-order valence-corrected chi connectivity index (χ4v) is 4.41. The maximum absolute atomic E-state index is 12.7. The fourth-order valence-electron chi connectivity index (χ4n) is 3.46. The van der Waals surface area contributed by atoms with Crippen LogP contribution >= 0.6 is 11.3 Å². The van der Waals surface area contributed by atoms with Gasteiger partial charge in [-0.25, -0.2) is 4.98 Å². The smallest absolute Gasteiger partial charge is 0.263 e. The lowest BCUT2D eigenvalue weighted by molar-refractivity contribution is 0.0954. The summed E-state index contributed by atoms with van der Waals surface area (Å²) in [4.78, 5) is 20.3. The minimum absolute atomic E-state index is 0.0293. The molecule has 3 heterocycles. The number of aromatic nitrogens is 2. The van der Waals surface area contributed by atoms with Crippen LogP contribution < -0.4 is 10.2 Å². The molecule has 1 fully saturated rings. The van der Waals surface area contributed by atoms with Crippen molar-refractivity contribution in [1.29, 1.82) is 0 Å². The molecule has 6 heteroatoms. The first-order chi connectivity index (χ1) is 12.7. The Morgan fingerprint density at radius 2 is 2.00 bits per heavy atom. The summed E-state index contributed by atoms with van der Waals surface area (Å²) in [5.74, 6) is -0.0293. The molecule has 134 valence electrons. The highest BCUT2D eigenvalue weighted by Gasteiger charge is 2.26. The standard InChI is InChI=1S/C20H22N4OS/c1-15-18(26-20(22-15)23-11-5-6-12-23)19(25)21-14-17-10-7-13-24(17)16-8-3-2-4-9-16/h2-6,8-9,11-12,17H,7,10,13-14H2,1H3,(H,21,25)/t17-/m1/s1. The molecule has 1 aromatic carbocycles. The summed E-state index contributed by atoms with van der Waals surface area (Å²) in [5, 5.41) is 3.94. The van der Waals surface area contributed by atoms with Crippen molar-refractivity contribution in [2.75, 3.05) is 18.0 Å². The summed E-state index contributed by atoms with van der Waals surface area (Å²) in [6.45, 7) is 3.59. The summed E-state index contributed by atoms with van der Waals surface area (Å²) in [5.41, 5.74) is 2.01. The fraction of sp³-hybridized carbons (Fsp3) is 0.300. The van der Waals surface area contributed by atoms with Gasteiger partial charge in [0.05, 0.1) is 5.69 Å². The van der Waals surface area contributed by atoms with Gasteiger partial charge in [0.2, 0.25) is 0 Å². The van der Waals surface area contributed by atoms with Gasteiger partial charge in [-0.05, 0) is 44.0 Å². The highest BCUT2D eigenvalue weighted by atomic mass is 32.1. The lowest BCUT2D eigenvalue weighted by Crippen LogP contribution is -2.40. The molecular weight excluding hydrogens is 344 g/mol. The average molecular weight is 366 g/mol. The molecule has 1 N–H and O–H groups in total. The third-order valence-corrected chi connectivity index (χ3v) is 5.95. The number of hydrogen-bond donors (Lipinski definition) is 1. The van der Waals surface area contributed by atoms with E-state index in [0.717, 1.165) is 30.2 Å². The van der Waals surface area contributed by atoms with E-state index in [0.29, 0.717) is 17.5 Å². The third-order valence-electron chi connectivity index (χ3n) is 4.78. The van der Waals surface area contributed by atoms with Gasteiger partial charge in [-0.2, -0.15) is 0 Å². The van der Waals surface area contributed by atoms with E-state index < -0.39 is 0 Å². The Morgan fingerprint density at radius 3 is 2.77 bits per heavy atom. The molecule has 0 saturated carbocycles. The van der Waals surface area contributed by atoms with Gasteiger partial charge >= 0.3 is 0 Å². The quantitative estimate of drug-likeness (QED) is 0.750. The Morgan fingerprint density at radius 1 is 1.23 bits per heavy atom. The Bertz CT molecular complexity index is 873. The van der Waals surface area contributed by atoms with E-state index >= 15 is 0 Å². The van der Waals surface area contributed by atoms with E-state index in [2.05, 4.69) is 39.5 Å². The molecule has 1 saturated heterocycles. The van der Waals surface area contributed by atoms with Crippen molar-refractivity contribution in [3.63, 3.8) is 0 Å². The van der Waals surface area contributed by atoms with E-state index in [1.54, 1.807) is 0 Å². The van der Waals surface area contributed by atoms with Crippen LogP contribution in [-0.4, -0.2) is 34.6 Å². The number of carbonyl (C=O) groups excluding carboxylic acids is 1. The molecule has 0 unspecified atom stereocenters. The van der Waals surface area contributed by atoms with Crippen LogP contribution in [0.5, 0.6) is 0 Å². The van der Waals surface area contributed by atoms with Crippen molar-refractivity contribution in [3.05, 3.63) is 65.4 Å². The molecule has 3 aromatic rings. The summed E-state index contributed by atoms with van der Waals surface area (Å²) in [7, 11) is 0. The summed E-state index contributed by atoms with van der Waals surface area (Å²) in [6.07, 6.45) is 6.14. The largest absolute Gasteiger partial charge is 0.367 e. The molecule has 1 amide bonds. The number of benzene rings is 1. The lowest BCUT2D eigenvalue weighted by atomic mass is 10.2. The monoisotopic (exact) mass is 366 g/mol. The number of aryl methyl sites for hydroxylation is 1. The maximum Gasteiger partial charge on any atom is 0.263 e. The number of amides is 1. The SMILES string of the molecule is Cc1nc(-n2cccc2)sc1C(=O)NC[C@H]1CCCN1c1ccccc1. The topological polar surface area (TPSA) is 50.2 Å². The molecule has 0 bridgehead atoms. The zero-order chi connectivity index (χ0) is 17.9. The summed E-state index contributed by atoms with van der Waals surface area (Å²) >= 11 is 1.43. The second-order valence-corrected chi connectivity index (χ2v) is 7.51. The Labute approximate surface area is 157 Å². The number of nitrogens with zero attached hydrogens (tertiary/aromatic N) is 3. The van der Waals surface area contributed by atoms with Gasteiger partial charge in [0.1, 0.15) is 4.88 Å². The summed E-state index contributed by atoms with van der Waals surface area (Å²) < 4.78 is 1.93. The Balaban J connectivity index is 1.42. The van der Waals surface area contributed by atoms with Gasteiger partial charge in [-0.15, -0.1) is 0 Å². The number of para-hydroxylation sites is 1. The normalized spacial score (nSPS) is 16.8. The van der Waals surface area contributed by atoms with Crippen molar-refractivity contribution in [2.24, 2.45) is 0 Å². The first-order valence-electron chi connectivity index (χ1n) is 8.93. The predicted octanol–water partition coefficient (Wildman–Crippen LogP) is 3.64. The molecule has 1 aliphatic heterocycles. The van der Waals surface area contributed by atoms with Gasteiger partial charge < -0.3 is 14.8 Å². The molecule has 0 radical (unpaired) electrons. The van der Waals surface area contributed by atoms with E-state index in [1.165, 1.54) is 17.0 Å². The van der Waals surface area contributed by atoms with E-state index in [9.17, 15) is 4.79 Å². The minimum atomic E-state index is -0.0293. The van der Waals surface area contributed by atoms with Crippen LogP contribution in [0.1, 0.15) is 28.2 Å². The van der Waals surface area contributed by atoms with Crippen LogP contribution in [-0.2, 0) is 0 Å². The molecule has 1 atom stereocenters. The lowest BCUT2D eigenvalue weighted by Gasteiger charge is -2.27. The third kappa shape index (κ3) is 3.37. The van der Waals surface area contributed by atoms with Crippen molar-refractivity contribution in [2.45, 2.75) is 25.8 Å². The molecular formula is C20H22N4OS. The molecule has 0 aliphatic carbocycles. The van der Waals surface area contributed by atoms with Crippen molar-refractivity contribution in [1.82, 2.24) is 14.9 Å². The van der Waals surface area contributed by atoms with E-state index in [-0.39, 0.29) is 5.91 Å². The molecule has 2 aromatic heterocycles. The van der Waals surface area contributed by atoms with Crippen LogP contribution in [0.2, 0.25) is 0 Å². The van der Waals surface area contributed by atoms with Gasteiger partial charge in [0.25, 0.3) is 5.91 Å². The maximum atomic E-state index is 12.7. The zero-order valence-corrected chi connectivity index (χ0v) is 15.6. The van der Waals surface area contributed by atoms with Crippen molar-refractivity contribution < 1.29 is 4.79 Å². The Hall–Kier alpha value is -2.60.